The van der Waals surface area contributed by atoms with E-state index in [4.69, 9.17) is 13.6 Å². The predicted molar refractivity (Wildman–Crippen MR) is 81.6 cm³/mol. The lowest BCUT2D eigenvalue weighted by Gasteiger charge is -2.11. The summed E-state index contributed by atoms with van der Waals surface area (Å²) < 4.78 is 15.6. The second-order valence-corrected chi connectivity index (χ2v) is 4.99. The van der Waals surface area contributed by atoms with Crippen LogP contribution < -0.4 is 5.32 Å². The van der Waals surface area contributed by atoms with Crippen molar-refractivity contribution in [2.45, 2.75) is 19.6 Å². The van der Waals surface area contributed by atoms with Gasteiger partial charge in [0.25, 0.3) is 5.91 Å². The average Bonchev–Trinajstić information content (AvgIpc) is 3.21. The molecule has 0 saturated carbocycles. The first-order chi connectivity index (χ1) is 11.1. The SMILES string of the molecule is C[C@@H](OC(=O)c1cc2ccccc2o1)C(=O)NCc1ccco1. The number of carbonyl (C=O) groups excluding carboxylic acids is 2. The Balaban J connectivity index is 1.58. The molecule has 0 radical (unpaired) electrons. The van der Waals surface area contributed by atoms with Gasteiger partial charge in [-0.2, -0.15) is 0 Å². The number of esters is 1. The van der Waals surface area contributed by atoms with E-state index in [0.717, 1.165) is 5.39 Å². The van der Waals surface area contributed by atoms with E-state index in [1.807, 2.05) is 18.2 Å². The predicted octanol–water partition coefficient (Wildman–Crippen LogP) is 2.89. The van der Waals surface area contributed by atoms with Gasteiger partial charge in [0.15, 0.2) is 6.10 Å². The largest absolute Gasteiger partial charge is 0.467 e. The third-order valence-corrected chi connectivity index (χ3v) is 3.30. The number of ether oxygens (including phenoxy) is 1. The van der Waals surface area contributed by atoms with E-state index in [9.17, 15) is 9.59 Å². The second-order valence-electron chi connectivity index (χ2n) is 4.99. The maximum absolute atomic E-state index is 12.0. The van der Waals surface area contributed by atoms with Crippen molar-refractivity contribution in [3.8, 4) is 0 Å². The summed E-state index contributed by atoms with van der Waals surface area (Å²) in [7, 11) is 0. The van der Waals surface area contributed by atoms with Gasteiger partial charge in [0.1, 0.15) is 11.3 Å². The van der Waals surface area contributed by atoms with Crippen molar-refractivity contribution in [1.29, 1.82) is 0 Å². The van der Waals surface area contributed by atoms with Gasteiger partial charge >= 0.3 is 5.97 Å². The Morgan fingerprint density at radius 1 is 1.22 bits per heavy atom. The van der Waals surface area contributed by atoms with Gasteiger partial charge in [0.2, 0.25) is 5.76 Å². The molecule has 2 heterocycles. The molecule has 6 nitrogen and oxygen atoms in total. The van der Waals surface area contributed by atoms with Crippen molar-refractivity contribution in [2.75, 3.05) is 0 Å². The number of benzene rings is 1. The normalized spacial score (nSPS) is 12.0. The van der Waals surface area contributed by atoms with Gasteiger partial charge < -0.3 is 18.9 Å². The third kappa shape index (κ3) is 3.42. The molecule has 0 saturated heterocycles. The number of carbonyl (C=O) groups is 2. The average molecular weight is 313 g/mol. The molecule has 118 valence electrons. The van der Waals surface area contributed by atoms with Crippen molar-refractivity contribution in [2.24, 2.45) is 0 Å². The third-order valence-electron chi connectivity index (χ3n) is 3.30. The minimum atomic E-state index is -0.939. The molecule has 23 heavy (non-hydrogen) atoms. The molecule has 6 heteroatoms. The van der Waals surface area contributed by atoms with E-state index in [-0.39, 0.29) is 12.3 Å². The smallest absolute Gasteiger partial charge is 0.375 e. The van der Waals surface area contributed by atoms with E-state index < -0.39 is 18.0 Å². The zero-order valence-electron chi connectivity index (χ0n) is 12.4. The number of rotatable bonds is 5. The molecule has 0 unspecified atom stereocenters. The van der Waals surface area contributed by atoms with E-state index in [0.29, 0.717) is 11.3 Å². The zero-order valence-corrected chi connectivity index (χ0v) is 12.4. The van der Waals surface area contributed by atoms with Gasteiger partial charge in [-0.05, 0) is 31.2 Å². The van der Waals surface area contributed by atoms with Crippen LogP contribution in [-0.2, 0) is 16.1 Å². The van der Waals surface area contributed by atoms with E-state index in [1.54, 1.807) is 24.3 Å². The Labute approximate surface area is 132 Å². The summed E-state index contributed by atoms with van der Waals surface area (Å²) in [5.74, 6) is -0.404. The second kappa shape index (κ2) is 6.39. The Morgan fingerprint density at radius 2 is 2.04 bits per heavy atom. The topological polar surface area (TPSA) is 81.7 Å². The fourth-order valence-corrected chi connectivity index (χ4v) is 2.09. The van der Waals surface area contributed by atoms with Crippen LogP contribution in [-0.4, -0.2) is 18.0 Å². The fraction of sp³-hybridized carbons (Fsp3) is 0.176. The zero-order chi connectivity index (χ0) is 16.2. The van der Waals surface area contributed by atoms with Crippen LogP contribution in [0.25, 0.3) is 11.0 Å². The van der Waals surface area contributed by atoms with Crippen molar-refractivity contribution in [3.05, 3.63) is 60.2 Å². The molecular weight excluding hydrogens is 298 g/mol. The molecule has 0 spiro atoms. The van der Waals surface area contributed by atoms with Crippen molar-refractivity contribution in [1.82, 2.24) is 5.32 Å². The summed E-state index contributed by atoms with van der Waals surface area (Å²) in [6, 6.07) is 12.3. The monoisotopic (exact) mass is 313 g/mol. The van der Waals surface area contributed by atoms with Crippen LogP contribution in [0, 0.1) is 0 Å². The highest BCUT2D eigenvalue weighted by molar-refractivity contribution is 5.94. The van der Waals surface area contributed by atoms with Gasteiger partial charge in [-0.1, -0.05) is 18.2 Å². The summed E-state index contributed by atoms with van der Waals surface area (Å²) >= 11 is 0. The van der Waals surface area contributed by atoms with Gasteiger partial charge in [0, 0.05) is 5.39 Å². The van der Waals surface area contributed by atoms with E-state index >= 15 is 0 Å². The molecule has 1 amide bonds. The Bertz CT molecular complexity index is 786. The molecule has 1 N–H and O–H groups in total. The van der Waals surface area contributed by atoms with Crippen LogP contribution in [0.15, 0.2) is 57.6 Å². The maximum atomic E-state index is 12.0. The number of hydrogen-bond donors (Lipinski definition) is 1. The van der Waals surface area contributed by atoms with Crippen molar-refractivity contribution >= 4 is 22.8 Å². The molecule has 2 aromatic heterocycles. The Kier molecular flexibility index (Phi) is 4.14. The highest BCUT2D eigenvalue weighted by atomic mass is 16.6. The number of fused-ring (bicyclic) bond motifs is 1. The molecule has 3 aromatic rings. The summed E-state index contributed by atoms with van der Waals surface area (Å²) in [4.78, 5) is 24.0. The molecule has 0 bridgehead atoms. The van der Waals surface area contributed by atoms with Gasteiger partial charge in [0.05, 0.1) is 12.8 Å². The number of hydrogen-bond acceptors (Lipinski definition) is 5. The Hall–Kier alpha value is -3.02. The van der Waals surface area contributed by atoms with Crippen LogP contribution in [0.2, 0.25) is 0 Å². The standard InChI is InChI=1S/C17H15NO5/c1-11(16(19)18-10-13-6-4-8-21-13)22-17(20)15-9-12-5-2-3-7-14(12)23-15/h2-9,11H,10H2,1H3,(H,18,19)/t11-/m1/s1. The number of furan rings is 2. The highest BCUT2D eigenvalue weighted by Crippen LogP contribution is 2.19. The molecule has 1 atom stereocenters. The summed E-state index contributed by atoms with van der Waals surface area (Å²) in [5, 5.41) is 3.43. The Morgan fingerprint density at radius 3 is 2.78 bits per heavy atom. The number of nitrogens with one attached hydrogen (secondary N) is 1. The number of amides is 1. The molecule has 0 aliphatic heterocycles. The van der Waals surface area contributed by atoms with Crippen LogP contribution in [0.4, 0.5) is 0 Å². The minimum Gasteiger partial charge on any atom is -0.467 e. The lowest BCUT2D eigenvalue weighted by atomic mass is 10.2. The van der Waals surface area contributed by atoms with Crippen molar-refractivity contribution in [3.63, 3.8) is 0 Å². The lowest BCUT2D eigenvalue weighted by molar-refractivity contribution is -0.129. The summed E-state index contributed by atoms with van der Waals surface area (Å²) in [6.45, 7) is 1.73. The molecule has 1 aromatic carbocycles. The highest BCUT2D eigenvalue weighted by Gasteiger charge is 2.21. The van der Waals surface area contributed by atoms with E-state index in [2.05, 4.69) is 5.32 Å². The number of para-hydroxylation sites is 1. The quantitative estimate of drug-likeness (QED) is 0.732. The van der Waals surface area contributed by atoms with E-state index in [1.165, 1.54) is 13.2 Å². The van der Waals surface area contributed by atoms with Crippen LogP contribution in [0.1, 0.15) is 23.2 Å². The molecule has 3 rings (SSSR count). The first-order valence-corrected chi connectivity index (χ1v) is 7.13. The van der Waals surface area contributed by atoms with Gasteiger partial charge in [-0.15, -0.1) is 0 Å². The lowest BCUT2D eigenvalue weighted by Crippen LogP contribution is -2.35. The van der Waals surface area contributed by atoms with Gasteiger partial charge in [-0.25, -0.2) is 4.79 Å². The van der Waals surface area contributed by atoms with Gasteiger partial charge in [-0.3, -0.25) is 4.79 Å². The minimum absolute atomic E-state index is 0.0666. The maximum Gasteiger partial charge on any atom is 0.375 e. The summed E-state index contributed by atoms with van der Waals surface area (Å²) in [5.41, 5.74) is 0.592. The fourth-order valence-electron chi connectivity index (χ4n) is 2.09. The van der Waals surface area contributed by atoms with Crippen LogP contribution in [0.5, 0.6) is 0 Å². The molecular formula is C17H15NO5. The molecule has 0 aliphatic rings. The molecule has 0 fully saturated rings. The first kappa shape index (κ1) is 14.9. The molecule has 0 aliphatic carbocycles. The van der Waals surface area contributed by atoms with Crippen LogP contribution >= 0.6 is 0 Å². The van der Waals surface area contributed by atoms with Crippen molar-refractivity contribution < 1.29 is 23.2 Å². The van der Waals surface area contributed by atoms with Crippen LogP contribution in [0.3, 0.4) is 0 Å². The first-order valence-electron chi connectivity index (χ1n) is 7.13. The summed E-state index contributed by atoms with van der Waals surface area (Å²) in [6.07, 6.45) is 0.581.